The van der Waals surface area contributed by atoms with Gasteiger partial charge >= 0.3 is 6.18 Å². The maximum atomic E-state index is 13.6. The summed E-state index contributed by atoms with van der Waals surface area (Å²) < 4.78 is 65.1. The highest BCUT2D eigenvalue weighted by Gasteiger charge is 2.31. The second-order valence-electron chi connectivity index (χ2n) is 5.50. The highest BCUT2D eigenvalue weighted by atomic mass is 32.1. The highest BCUT2D eigenvalue weighted by molar-refractivity contribution is 7.17. The average molecular weight is 398 g/mol. The molecule has 0 unspecified atom stereocenters. The summed E-state index contributed by atoms with van der Waals surface area (Å²) in [6.45, 7) is -0.0612. The Morgan fingerprint density at radius 3 is 2.59 bits per heavy atom. The van der Waals surface area contributed by atoms with E-state index in [9.17, 15) is 26.7 Å². The van der Waals surface area contributed by atoms with Crippen LogP contribution < -0.4 is 5.32 Å². The zero-order chi connectivity index (χ0) is 19.6. The number of rotatable bonds is 5. The van der Waals surface area contributed by atoms with Crippen LogP contribution in [0.5, 0.6) is 0 Å². The fourth-order valence-corrected chi connectivity index (χ4v) is 3.07. The number of benzene rings is 2. The molecule has 140 valence electrons. The molecule has 0 saturated heterocycles. The summed E-state index contributed by atoms with van der Waals surface area (Å²) in [7, 11) is 0. The van der Waals surface area contributed by atoms with E-state index in [0.717, 1.165) is 35.6 Å². The lowest BCUT2D eigenvalue weighted by atomic mass is 10.1. The Bertz CT molecular complexity index is 984. The lowest BCUT2D eigenvalue weighted by Gasteiger charge is -2.07. The Kier molecular flexibility index (Phi) is 5.22. The molecule has 0 atom stereocenters. The summed E-state index contributed by atoms with van der Waals surface area (Å²) in [6, 6.07) is 7.85. The van der Waals surface area contributed by atoms with Gasteiger partial charge in [0, 0.05) is 17.7 Å². The molecule has 1 N–H and O–H groups in total. The van der Waals surface area contributed by atoms with Gasteiger partial charge in [-0.2, -0.15) is 13.2 Å². The van der Waals surface area contributed by atoms with Gasteiger partial charge in [0.15, 0.2) is 16.8 Å². The van der Waals surface area contributed by atoms with Crippen LogP contribution in [0, 0.1) is 11.6 Å². The number of nitrogens with zero attached hydrogens (tertiary/aromatic N) is 1. The monoisotopic (exact) mass is 398 g/mol. The third kappa shape index (κ3) is 4.30. The standard InChI is InChI=1S/C18H11F5N2OS/c19-13-6-2-4-11(15(13)20)8-24-17-25-9-14(27-17)16(26)10-3-1-5-12(7-10)18(21,22)23/h1-7,9H,8H2,(H,24,25). The lowest BCUT2D eigenvalue weighted by Crippen LogP contribution is -2.07. The van der Waals surface area contributed by atoms with Gasteiger partial charge in [-0.25, -0.2) is 13.8 Å². The zero-order valence-corrected chi connectivity index (χ0v) is 14.3. The third-order valence-electron chi connectivity index (χ3n) is 3.64. The van der Waals surface area contributed by atoms with E-state index in [1.165, 1.54) is 24.4 Å². The second kappa shape index (κ2) is 7.43. The Morgan fingerprint density at radius 1 is 1.11 bits per heavy atom. The number of hydrogen-bond donors (Lipinski definition) is 1. The number of halogens is 5. The van der Waals surface area contributed by atoms with Crippen molar-refractivity contribution in [3.8, 4) is 0 Å². The molecule has 0 aliphatic rings. The summed E-state index contributed by atoms with van der Waals surface area (Å²) in [5.74, 6) is -2.57. The largest absolute Gasteiger partial charge is 0.416 e. The van der Waals surface area contributed by atoms with E-state index in [4.69, 9.17) is 0 Å². The minimum absolute atomic E-state index is 0.0612. The normalized spacial score (nSPS) is 11.4. The summed E-state index contributed by atoms with van der Waals surface area (Å²) in [5, 5.41) is 3.02. The van der Waals surface area contributed by atoms with Crippen molar-refractivity contribution in [3.05, 3.63) is 81.9 Å². The molecule has 27 heavy (non-hydrogen) atoms. The van der Waals surface area contributed by atoms with Crippen molar-refractivity contribution in [2.75, 3.05) is 5.32 Å². The summed E-state index contributed by atoms with van der Waals surface area (Å²) in [6.07, 6.45) is -3.33. The number of ketones is 1. The van der Waals surface area contributed by atoms with Crippen molar-refractivity contribution < 1.29 is 26.7 Å². The molecule has 0 radical (unpaired) electrons. The molecule has 3 aromatic rings. The molecule has 3 nitrogen and oxygen atoms in total. The first kappa shape index (κ1) is 19.0. The van der Waals surface area contributed by atoms with Gasteiger partial charge in [0.05, 0.1) is 16.6 Å². The maximum Gasteiger partial charge on any atom is 0.416 e. The predicted octanol–water partition coefficient (Wildman–Crippen LogP) is 5.28. The smallest absolute Gasteiger partial charge is 0.357 e. The Morgan fingerprint density at radius 2 is 1.85 bits per heavy atom. The van der Waals surface area contributed by atoms with Gasteiger partial charge in [-0.15, -0.1) is 0 Å². The quantitative estimate of drug-likeness (QED) is 0.470. The number of carbonyl (C=O) groups is 1. The van der Waals surface area contributed by atoms with Crippen LogP contribution in [0.2, 0.25) is 0 Å². The van der Waals surface area contributed by atoms with Gasteiger partial charge in [0.25, 0.3) is 0 Å². The van der Waals surface area contributed by atoms with Gasteiger partial charge in [-0.05, 0) is 18.2 Å². The fourth-order valence-electron chi connectivity index (χ4n) is 2.30. The van der Waals surface area contributed by atoms with Crippen molar-refractivity contribution >= 4 is 22.3 Å². The van der Waals surface area contributed by atoms with Crippen molar-refractivity contribution in [2.24, 2.45) is 0 Å². The van der Waals surface area contributed by atoms with Crippen molar-refractivity contribution in [2.45, 2.75) is 12.7 Å². The SMILES string of the molecule is O=C(c1cccc(C(F)(F)F)c1)c1cnc(NCc2cccc(F)c2F)s1. The van der Waals surface area contributed by atoms with Crippen LogP contribution in [0.3, 0.4) is 0 Å². The fraction of sp³-hybridized carbons (Fsp3) is 0.111. The summed E-state index contributed by atoms with van der Waals surface area (Å²) in [4.78, 5) is 16.4. The number of nitrogens with one attached hydrogen (secondary N) is 1. The van der Waals surface area contributed by atoms with Crippen LogP contribution >= 0.6 is 11.3 Å². The molecular formula is C18H11F5N2OS. The average Bonchev–Trinajstić information content (AvgIpc) is 3.11. The number of alkyl halides is 3. The van der Waals surface area contributed by atoms with E-state index in [1.807, 2.05) is 0 Å². The molecule has 0 aliphatic carbocycles. The first-order chi connectivity index (χ1) is 12.8. The van der Waals surface area contributed by atoms with Gasteiger partial charge in [-0.1, -0.05) is 35.6 Å². The molecule has 2 aromatic carbocycles. The molecule has 3 rings (SSSR count). The molecular weight excluding hydrogens is 387 g/mol. The van der Waals surface area contributed by atoms with Crippen LogP contribution in [-0.2, 0) is 12.7 Å². The molecule has 0 fully saturated rings. The second-order valence-corrected chi connectivity index (χ2v) is 6.53. The molecule has 0 amide bonds. The van der Waals surface area contributed by atoms with Crippen LogP contribution in [0.1, 0.15) is 26.4 Å². The van der Waals surface area contributed by atoms with Crippen LogP contribution in [0.15, 0.2) is 48.7 Å². The molecule has 0 bridgehead atoms. The minimum Gasteiger partial charge on any atom is -0.357 e. The number of carbonyl (C=O) groups excluding carboxylic acids is 1. The lowest BCUT2D eigenvalue weighted by molar-refractivity contribution is -0.137. The first-order valence-corrected chi connectivity index (χ1v) is 8.42. The molecule has 0 aliphatic heterocycles. The molecule has 1 aromatic heterocycles. The van der Waals surface area contributed by atoms with Crippen molar-refractivity contribution in [1.82, 2.24) is 4.98 Å². The Balaban J connectivity index is 1.74. The van der Waals surface area contributed by atoms with Crippen molar-refractivity contribution in [3.63, 3.8) is 0 Å². The molecule has 0 saturated carbocycles. The van der Waals surface area contributed by atoms with E-state index >= 15 is 0 Å². The topological polar surface area (TPSA) is 42.0 Å². The molecule has 0 spiro atoms. The number of anilines is 1. The van der Waals surface area contributed by atoms with Crippen molar-refractivity contribution in [1.29, 1.82) is 0 Å². The number of hydrogen-bond acceptors (Lipinski definition) is 4. The van der Waals surface area contributed by atoms with E-state index in [-0.39, 0.29) is 27.7 Å². The predicted molar refractivity (Wildman–Crippen MR) is 90.7 cm³/mol. The highest BCUT2D eigenvalue weighted by Crippen LogP contribution is 2.30. The molecule has 9 heteroatoms. The van der Waals surface area contributed by atoms with Gasteiger partial charge in [-0.3, -0.25) is 4.79 Å². The minimum atomic E-state index is -4.55. The summed E-state index contributed by atoms with van der Waals surface area (Å²) >= 11 is 0.909. The number of thiazole rings is 1. The Hall–Kier alpha value is -2.81. The van der Waals surface area contributed by atoms with E-state index in [2.05, 4.69) is 10.3 Å². The Labute approximate surface area is 154 Å². The maximum absolute atomic E-state index is 13.6. The van der Waals surface area contributed by atoms with Gasteiger partial charge < -0.3 is 5.32 Å². The first-order valence-electron chi connectivity index (χ1n) is 7.60. The van der Waals surface area contributed by atoms with E-state index < -0.39 is 29.2 Å². The van der Waals surface area contributed by atoms with Crippen LogP contribution in [0.4, 0.5) is 27.1 Å². The van der Waals surface area contributed by atoms with Crippen LogP contribution in [-0.4, -0.2) is 10.8 Å². The third-order valence-corrected chi connectivity index (χ3v) is 4.60. The molecule has 1 heterocycles. The van der Waals surface area contributed by atoms with E-state index in [1.54, 1.807) is 0 Å². The summed E-state index contributed by atoms with van der Waals surface area (Å²) in [5.41, 5.74) is -0.954. The van der Waals surface area contributed by atoms with Gasteiger partial charge in [0.1, 0.15) is 0 Å². The van der Waals surface area contributed by atoms with Crippen LogP contribution in [0.25, 0.3) is 0 Å². The van der Waals surface area contributed by atoms with E-state index in [0.29, 0.717) is 0 Å². The van der Waals surface area contributed by atoms with Gasteiger partial charge in [0.2, 0.25) is 5.78 Å². The zero-order valence-electron chi connectivity index (χ0n) is 13.5. The number of aromatic nitrogens is 1.